The molecule has 6 nitrogen and oxygen atoms in total. The molecule has 6 heteroatoms. The molecule has 0 bridgehead atoms. The Morgan fingerprint density at radius 3 is 2.76 bits per heavy atom. The maximum absolute atomic E-state index is 11.5. The van der Waals surface area contributed by atoms with Gasteiger partial charge in [-0.05, 0) is 20.8 Å². The predicted molar refractivity (Wildman–Crippen MR) is 63.2 cm³/mol. The summed E-state index contributed by atoms with van der Waals surface area (Å²) in [6.07, 6.45) is 1.51. The number of hydrogen-bond acceptors (Lipinski definition) is 5. The van der Waals surface area contributed by atoms with Gasteiger partial charge in [0.2, 0.25) is 0 Å². The van der Waals surface area contributed by atoms with E-state index in [1.807, 2.05) is 25.8 Å². The van der Waals surface area contributed by atoms with Crippen LogP contribution in [0.4, 0.5) is 0 Å². The van der Waals surface area contributed by atoms with Gasteiger partial charge in [0.15, 0.2) is 0 Å². The Balaban J connectivity index is 2.61. The van der Waals surface area contributed by atoms with Crippen LogP contribution in [-0.4, -0.2) is 44.8 Å². The van der Waals surface area contributed by atoms with Gasteiger partial charge in [-0.3, -0.25) is 14.4 Å². The van der Waals surface area contributed by atoms with E-state index < -0.39 is 0 Å². The van der Waals surface area contributed by atoms with Gasteiger partial charge >= 0.3 is 5.97 Å². The second kappa shape index (κ2) is 6.34. The van der Waals surface area contributed by atoms with Crippen molar-refractivity contribution in [1.29, 1.82) is 0 Å². The van der Waals surface area contributed by atoms with Crippen LogP contribution in [0.1, 0.15) is 26.6 Å². The summed E-state index contributed by atoms with van der Waals surface area (Å²) in [7, 11) is 1.84. The maximum Gasteiger partial charge on any atom is 0.320 e. The molecule has 0 aliphatic rings. The summed E-state index contributed by atoms with van der Waals surface area (Å²) in [5.41, 5.74) is 0. The standard InChI is InChI=1S/C11H20N4O2/c1-5-17-11(16)7-15(9(2)3)6-10-12-8-13-14(10)4/h8-9H,5-7H2,1-4H3. The maximum atomic E-state index is 11.5. The minimum absolute atomic E-state index is 0.205. The Bertz CT molecular complexity index is 362. The third-order valence-electron chi connectivity index (χ3n) is 2.52. The van der Waals surface area contributed by atoms with Gasteiger partial charge in [0.25, 0.3) is 0 Å². The fraction of sp³-hybridized carbons (Fsp3) is 0.727. The van der Waals surface area contributed by atoms with E-state index in [0.29, 0.717) is 13.2 Å². The van der Waals surface area contributed by atoms with Crippen LogP contribution >= 0.6 is 0 Å². The smallest absolute Gasteiger partial charge is 0.320 e. The lowest BCUT2D eigenvalue weighted by atomic mass is 10.3. The molecule has 0 amide bonds. The van der Waals surface area contributed by atoms with E-state index in [1.54, 1.807) is 11.6 Å². The zero-order valence-electron chi connectivity index (χ0n) is 10.9. The first kappa shape index (κ1) is 13.6. The highest BCUT2D eigenvalue weighted by Crippen LogP contribution is 2.05. The summed E-state index contributed by atoms with van der Waals surface area (Å²) in [6.45, 7) is 7.16. The van der Waals surface area contributed by atoms with Crippen molar-refractivity contribution in [3.8, 4) is 0 Å². The highest BCUT2D eigenvalue weighted by molar-refractivity contribution is 5.71. The molecule has 0 unspecified atom stereocenters. The van der Waals surface area contributed by atoms with E-state index in [9.17, 15) is 4.79 Å². The van der Waals surface area contributed by atoms with Gasteiger partial charge in [-0.1, -0.05) is 0 Å². The van der Waals surface area contributed by atoms with Gasteiger partial charge in [0, 0.05) is 13.1 Å². The summed E-state index contributed by atoms with van der Waals surface area (Å²) in [6, 6.07) is 0.246. The Morgan fingerprint density at radius 2 is 2.29 bits per heavy atom. The molecule has 1 aromatic heterocycles. The summed E-state index contributed by atoms with van der Waals surface area (Å²) >= 11 is 0. The number of carbonyl (C=O) groups excluding carboxylic acids is 1. The normalized spacial score (nSPS) is 11.2. The predicted octanol–water partition coefficient (Wildman–Crippen LogP) is 0.589. The SMILES string of the molecule is CCOC(=O)CN(Cc1ncnn1C)C(C)C. The molecule has 0 atom stereocenters. The van der Waals surface area contributed by atoms with Crippen LogP contribution < -0.4 is 0 Å². The number of carbonyl (C=O) groups is 1. The Morgan fingerprint density at radius 1 is 1.59 bits per heavy atom. The van der Waals surface area contributed by atoms with Crippen LogP contribution in [0.3, 0.4) is 0 Å². The molecule has 0 aromatic carbocycles. The molecule has 0 saturated carbocycles. The van der Waals surface area contributed by atoms with Gasteiger partial charge in [0.1, 0.15) is 12.2 Å². The minimum atomic E-state index is -0.205. The lowest BCUT2D eigenvalue weighted by molar-refractivity contribution is -0.145. The van der Waals surface area contributed by atoms with Crippen LogP contribution in [0, 0.1) is 0 Å². The molecule has 1 rings (SSSR count). The quantitative estimate of drug-likeness (QED) is 0.681. The average molecular weight is 240 g/mol. The fourth-order valence-electron chi connectivity index (χ4n) is 1.44. The Labute approximate surface area is 102 Å². The van der Waals surface area contributed by atoms with Crippen molar-refractivity contribution in [3.63, 3.8) is 0 Å². The number of aromatic nitrogens is 3. The average Bonchev–Trinajstić information content (AvgIpc) is 2.63. The van der Waals surface area contributed by atoms with Crippen LogP contribution in [0.2, 0.25) is 0 Å². The van der Waals surface area contributed by atoms with Gasteiger partial charge in [-0.2, -0.15) is 5.10 Å². The zero-order valence-corrected chi connectivity index (χ0v) is 10.9. The Kier molecular flexibility index (Phi) is 5.09. The van der Waals surface area contributed by atoms with Crippen molar-refractivity contribution in [3.05, 3.63) is 12.2 Å². The number of ether oxygens (including phenoxy) is 1. The lowest BCUT2D eigenvalue weighted by Gasteiger charge is -2.24. The third-order valence-corrected chi connectivity index (χ3v) is 2.52. The zero-order chi connectivity index (χ0) is 12.8. The van der Waals surface area contributed by atoms with Crippen molar-refractivity contribution in [2.75, 3.05) is 13.2 Å². The number of aryl methyl sites for hydroxylation is 1. The Hall–Kier alpha value is -1.43. The molecule has 96 valence electrons. The summed E-state index contributed by atoms with van der Waals surface area (Å²) < 4.78 is 6.66. The van der Waals surface area contributed by atoms with Gasteiger partial charge < -0.3 is 4.74 Å². The van der Waals surface area contributed by atoms with Crippen LogP contribution in [-0.2, 0) is 23.1 Å². The first-order valence-electron chi connectivity index (χ1n) is 5.77. The first-order chi connectivity index (χ1) is 8.04. The highest BCUT2D eigenvalue weighted by Gasteiger charge is 2.17. The van der Waals surface area contributed by atoms with Crippen LogP contribution in [0.25, 0.3) is 0 Å². The monoisotopic (exact) mass is 240 g/mol. The molecule has 0 spiro atoms. The van der Waals surface area contributed by atoms with E-state index in [0.717, 1.165) is 5.82 Å². The molecular weight excluding hydrogens is 220 g/mol. The molecule has 0 N–H and O–H groups in total. The van der Waals surface area contributed by atoms with Gasteiger partial charge in [-0.15, -0.1) is 0 Å². The van der Waals surface area contributed by atoms with Crippen LogP contribution in [0.5, 0.6) is 0 Å². The van der Waals surface area contributed by atoms with E-state index >= 15 is 0 Å². The van der Waals surface area contributed by atoms with E-state index in [2.05, 4.69) is 10.1 Å². The molecule has 1 heterocycles. The van der Waals surface area contributed by atoms with Crippen molar-refractivity contribution >= 4 is 5.97 Å². The second-order valence-corrected chi connectivity index (χ2v) is 4.10. The molecule has 0 fully saturated rings. The van der Waals surface area contributed by atoms with E-state index in [1.165, 1.54) is 6.33 Å². The van der Waals surface area contributed by atoms with Gasteiger partial charge in [-0.25, -0.2) is 4.98 Å². The van der Waals surface area contributed by atoms with Crippen molar-refractivity contribution in [1.82, 2.24) is 19.7 Å². The molecule has 0 aliphatic heterocycles. The first-order valence-corrected chi connectivity index (χ1v) is 5.77. The van der Waals surface area contributed by atoms with Crippen molar-refractivity contribution < 1.29 is 9.53 Å². The number of hydrogen-bond donors (Lipinski definition) is 0. The van der Waals surface area contributed by atoms with Crippen molar-refractivity contribution in [2.45, 2.75) is 33.4 Å². The molecule has 0 saturated heterocycles. The molecule has 17 heavy (non-hydrogen) atoms. The molecule has 0 radical (unpaired) electrons. The second-order valence-electron chi connectivity index (χ2n) is 4.10. The number of rotatable bonds is 6. The van der Waals surface area contributed by atoms with E-state index in [-0.39, 0.29) is 18.6 Å². The molecule has 0 aliphatic carbocycles. The van der Waals surface area contributed by atoms with E-state index in [4.69, 9.17) is 4.74 Å². The topological polar surface area (TPSA) is 60.2 Å². The summed E-state index contributed by atoms with van der Waals surface area (Å²) in [5.74, 6) is 0.631. The highest BCUT2D eigenvalue weighted by atomic mass is 16.5. The molecule has 1 aromatic rings. The number of esters is 1. The summed E-state index contributed by atoms with van der Waals surface area (Å²) in [5, 5.41) is 4.01. The number of nitrogens with zero attached hydrogens (tertiary/aromatic N) is 4. The van der Waals surface area contributed by atoms with Crippen LogP contribution in [0.15, 0.2) is 6.33 Å². The fourth-order valence-corrected chi connectivity index (χ4v) is 1.44. The van der Waals surface area contributed by atoms with Crippen molar-refractivity contribution in [2.24, 2.45) is 7.05 Å². The summed E-state index contributed by atoms with van der Waals surface area (Å²) in [4.78, 5) is 17.6. The largest absolute Gasteiger partial charge is 0.465 e. The minimum Gasteiger partial charge on any atom is -0.465 e. The molecular formula is C11H20N4O2. The third kappa shape index (κ3) is 4.14. The lowest BCUT2D eigenvalue weighted by Crippen LogP contribution is -2.36. The van der Waals surface area contributed by atoms with Gasteiger partial charge in [0.05, 0.1) is 19.7 Å².